The number of hydrogen-bond donors (Lipinski definition) is 0. The van der Waals surface area contributed by atoms with Crippen LogP contribution < -0.4 is 0 Å². The van der Waals surface area contributed by atoms with Crippen molar-refractivity contribution in [3.8, 4) is 0 Å². The number of rotatable bonds is 6. The molecule has 0 rings (SSSR count). The van der Waals surface area contributed by atoms with Gasteiger partial charge in [-0.1, -0.05) is 89.5 Å². The normalized spacial score (nSPS) is 16.1. The van der Waals surface area contributed by atoms with E-state index in [0.717, 1.165) is 0 Å². The summed E-state index contributed by atoms with van der Waals surface area (Å²) >= 11 is 0. The summed E-state index contributed by atoms with van der Waals surface area (Å²) in [5.41, 5.74) is -0.255. The van der Waals surface area contributed by atoms with E-state index in [0.29, 0.717) is 0 Å². The van der Waals surface area contributed by atoms with Crippen LogP contribution in [0, 0.1) is 0 Å². The average molecular weight is 473 g/mol. The third-order valence-electron chi connectivity index (χ3n) is 6.86. The Kier molecular flexibility index (Phi) is 9.29. The van der Waals surface area contributed by atoms with E-state index in [1.807, 2.05) is 0 Å². The Hall–Kier alpha value is 0.354. The monoisotopic (exact) mass is 472 g/mol. The van der Waals surface area contributed by atoms with Gasteiger partial charge in [0.15, 0.2) is 0 Å². The van der Waals surface area contributed by atoms with Crippen molar-refractivity contribution in [3.05, 3.63) is 0 Å². The first-order chi connectivity index (χ1) is 13.1. The van der Waals surface area contributed by atoms with E-state index in [2.05, 4.69) is 125 Å². The van der Waals surface area contributed by atoms with Gasteiger partial charge in [-0.2, -0.15) is 0 Å². The average Bonchev–Trinajstić information content (AvgIpc) is 2.36. The molecule has 31 heavy (non-hydrogen) atoms. The first-order valence-corrected chi connectivity index (χ1v) is 16.8. The Labute approximate surface area is 199 Å². The van der Waals surface area contributed by atoms with E-state index in [-0.39, 0.29) is 31.4 Å². The molecule has 0 aromatic rings. The molecule has 0 fully saturated rings. The highest BCUT2D eigenvalue weighted by Crippen LogP contribution is 2.59. The molecular formula is C27H60O2Si2. The SMILES string of the molecule is CC(C)(C)O[Si](CCC[Si](OC(C)(C)C)(C(C)(C)C)C(C)(C)C)(C(C)(C)C)C(C)(C)C. The zero-order valence-corrected chi connectivity index (χ0v) is 26.9. The first kappa shape index (κ1) is 31.4. The predicted octanol–water partition coefficient (Wildman–Crippen LogP) is 10.1. The Bertz CT molecular complexity index is 487. The minimum atomic E-state index is -2.14. The lowest BCUT2D eigenvalue weighted by Crippen LogP contribution is -2.59. The van der Waals surface area contributed by atoms with Crippen LogP contribution in [-0.4, -0.2) is 27.8 Å². The van der Waals surface area contributed by atoms with Crippen LogP contribution in [0.2, 0.25) is 32.2 Å². The van der Waals surface area contributed by atoms with Crippen LogP contribution in [0.3, 0.4) is 0 Å². The molecule has 0 heterocycles. The zero-order valence-electron chi connectivity index (χ0n) is 24.9. The van der Waals surface area contributed by atoms with Crippen molar-refractivity contribution in [2.75, 3.05) is 0 Å². The maximum atomic E-state index is 7.15. The van der Waals surface area contributed by atoms with Gasteiger partial charge in [0.2, 0.25) is 16.6 Å². The fourth-order valence-corrected chi connectivity index (χ4v) is 18.8. The Morgan fingerprint density at radius 1 is 0.387 bits per heavy atom. The number of hydrogen-bond acceptors (Lipinski definition) is 2. The molecule has 0 saturated carbocycles. The summed E-state index contributed by atoms with van der Waals surface area (Å²) in [5.74, 6) is 0. The Morgan fingerprint density at radius 2 is 0.581 bits per heavy atom. The largest absolute Gasteiger partial charge is 0.411 e. The van der Waals surface area contributed by atoms with Gasteiger partial charge in [-0.3, -0.25) is 0 Å². The summed E-state index contributed by atoms with van der Waals surface area (Å²) in [4.78, 5) is 0. The summed E-state index contributed by atoms with van der Waals surface area (Å²) < 4.78 is 14.3. The van der Waals surface area contributed by atoms with Crippen molar-refractivity contribution in [1.82, 2.24) is 0 Å². The summed E-state index contributed by atoms with van der Waals surface area (Å²) in [6, 6.07) is 2.37. The van der Waals surface area contributed by atoms with E-state index < -0.39 is 16.6 Å². The Morgan fingerprint density at radius 3 is 0.710 bits per heavy atom. The molecule has 0 aromatic heterocycles. The third-order valence-corrected chi connectivity index (χ3v) is 20.6. The molecular weight excluding hydrogens is 412 g/mol. The van der Waals surface area contributed by atoms with E-state index in [1.54, 1.807) is 0 Å². The van der Waals surface area contributed by atoms with Gasteiger partial charge in [-0.05, 0) is 73.8 Å². The van der Waals surface area contributed by atoms with Crippen LogP contribution >= 0.6 is 0 Å². The maximum absolute atomic E-state index is 7.15. The van der Waals surface area contributed by atoms with Crippen LogP contribution in [0.15, 0.2) is 0 Å². The minimum Gasteiger partial charge on any atom is -0.411 e. The van der Waals surface area contributed by atoms with Crippen molar-refractivity contribution >= 4 is 16.6 Å². The molecule has 0 amide bonds. The van der Waals surface area contributed by atoms with Crippen molar-refractivity contribution in [2.45, 2.75) is 174 Å². The van der Waals surface area contributed by atoms with Gasteiger partial charge in [0, 0.05) is 11.2 Å². The fourth-order valence-electron chi connectivity index (χ4n) is 6.10. The van der Waals surface area contributed by atoms with Crippen molar-refractivity contribution in [2.24, 2.45) is 0 Å². The summed E-state index contributed by atoms with van der Waals surface area (Å²) in [5, 5.41) is 0.655. The van der Waals surface area contributed by atoms with Crippen molar-refractivity contribution in [1.29, 1.82) is 0 Å². The van der Waals surface area contributed by atoms with Crippen molar-refractivity contribution in [3.63, 3.8) is 0 Å². The molecule has 0 bridgehead atoms. The molecule has 0 unspecified atom stereocenters. The summed E-state index contributed by atoms with van der Waals surface area (Å²) in [6.45, 7) is 42.4. The smallest absolute Gasteiger partial charge is 0.204 e. The highest BCUT2D eigenvalue weighted by atomic mass is 28.4. The van der Waals surface area contributed by atoms with E-state index >= 15 is 0 Å². The minimum absolute atomic E-state index is 0.128. The molecule has 0 aliphatic carbocycles. The van der Waals surface area contributed by atoms with Crippen LogP contribution in [0.5, 0.6) is 0 Å². The molecule has 0 aliphatic rings. The van der Waals surface area contributed by atoms with Gasteiger partial charge >= 0.3 is 0 Å². The second-order valence-electron chi connectivity index (χ2n) is 15.9. The van der Waals surface area contributed by atoms with Gasteiger partial charge in [-0.15, -0.1) is 0 Å². The van der Waals surface area contributed by atoms with E-state index in [9.17, 15) is 0 Å². The lowest BCUT2D eigenvalue weighted by atomic mass is 10.2. The van der Waals surface area contributed by atoms with Crippen LogP contribution in [0.1, 0.15) is 131 Å². The summed E-state index contributed by atoms with van der Waals surface area (Å²) in [7, 11) is -4.29. The molecule has 0 N–H and O–H groups in total. The lowest BCUT2D eigenvalue weighted by Gasteiger charge is -2.56. The second-order valence-corrected chi connectivity index (χ2v) is 26.7. The molecule has 4 heteroatoms. The predicted molar refractivity (Wildman–Crippen MR) is 146 cm³/mol. The molecule has 0 radical (unpaired) electrons. The van der Waals surface area contributed by atoms with E-state index in [4.69, 9.17) is 8.85 Å². The van der Waals surface area contributed by atoms with Crippen molar-refractivity contribution < 1.29 is 8.85 Å². The van der Waals surface area contributed by atoms with Crippen LogP contribution in [-0.2, 0) is 8.85 Å². The second kappa shape index (κ2) is 9.19. The quantitative estimate of drug-likeness (QED) is 0.358. The molecule has 0 atom stereocenters. The highest BCUT2D eigenvalue weighted by Gasteiger charge is 2.59. The van der Waals surface area contributed by atoms with Gasteiger partial charge in [0.1, 0.15) is 0 Å². The molecule has 2 nitrogen and oxygen atoms in total. The first-order valence-electron chi connectivity index (χ1n) is 12.5. The maximum Gasteiger partial charge on any atom is 0.204 e. The van der Waals surface area contributed by atoms with Gasteiger partial charge in [0.25, 0.3) is 0 Å². The van der Waals surface area contributed by atoms with Crippen LogP contribution in [0.4, 0.5) is 0 Å². The fraction of sp³-hybridized carbons (Fsp3) is 1.00. The topological polar surface area (TPSA) is 18.5 Å². The molecule has 188 valence electrons. The third kappa shape index (κ3) is 7.68. The highest BCUT2D eigenvalue weighted by molar-refractivity contribution is 6.81. The molecule has 0 saturated heterocycles. The van der Waals surface area contributed by atoms with Crippen LogP contribution in [0.25, 0.3) is 0 Å². The van der Waals surface area contributed by atoms with Gasteiger partial charge < -0.3 is 8.85 Å². The van der Waals surface area contributed by atoms with Gasteiger partial charge in [-0.25, -0.2) is 0 Å². The lowest BCUT2D eigenvalue weighted by molar-refractivity contribution is 0.0937. The standard InChI is InChI=1S/C27H60O2Si2/c1-22(2,3)28-30(24(7,8)9,25(10,11)12)20-19-21-31(26(13,14)15,27(16,17)18)29-23(4,5)6/h19-21H2,1-18H3. The molecule has 0 spiro atoms. The van der Waals surface area contributed by atoms with Gasteiger partial charge in [0.05, 0.1) is 0 Å². The summed E-state index contributed by atoms with van der Waals surface area (Å²) in [6.07, 6.45) is 1.19. The Balaban J connectivity index is 6.37. The van der Waals surface area contributed by atoms with E-state index in [1.165, 1.54) is 18.5 Å². The molecule has 0 aromatic carbocycles. The molecule has 0 aliphatic heterocycles. The zero-order chi connectivity index (χ0) is 25.5.